The van der Waals surface area contributed by atoms with Crippen molar-refractivity contribution in [3.63, 3.8) is 0 Å². The van der Waals surface area contributed by atoms with Crippen LogP contribution >= 0.6 is 0 Å². The van der Waals surface area contributed by atoms with Gasteiger partial charge in [-0.2, -0.15) is 0 Å². The highest BCUT2D eigenvalue weighted by Gasteiger charge is 2.48. The minimum absolute atomic E-state index is 0.00949. The summed E-state index contributed by atoms with van der Waals surface area (Å²) in [4.78, 5) is 30.5. The van der Waals surface area contributed by atoms with Gasteiger partial charge in [-0.25, -0.2) is 0 Å². The minimum atomic E-state index is 0.00949. The van der Waals surface area contributed by atoms with Gasteiger partial charge in [0.05, 0.1) is 0 Å². The topological polar surface area (TPSA) is 55.9 Å². The molecule has 0 radical (unpaired) electrons. The number of unbranched alkanes of at least 4 members (excludes halogenated alkanes) is 9. The van der Waals surface area contributed by atoms with Crippen molar-refractivity contribution in [1.82, 2.24) is 20.0 Å². The number of amides is 2. The molecule has 0 aromatic rings. The molecule has 0 saturated carbocycles. The van der Waals surface area contributed by atoms with Gasteiger partial charge in [0.15, 0.2) is 0 Å². The third-order valence-electron chi connectivity index (χ3n) is 11.7. The molecule has 6 heteroatoms. The normalized spacial score (nSPS) is 27.2. The molecule has 1 N–H and O–H groups in total. The Morgan fingerprint density at radius 2 is 1.13 bits per heavy atom. The zero-order chi connectivity index (χ0) is 33.5. The molecule has 4 rings (SSSR count). The zero-order valence-electron chi connectivity index (χ0n) is 31.5. The van der Waals surface area contributed by atoms with Crippen LogP contribution in [-0.2, 0) is 9.59 Å². The van der Waals surface area contributed by atoms with Gasteiger partial charge in [0, 0.05) is 53.6 Å². The molecule has 0 spiro atoms. The fourth-order valence-electron chi connectivity index (χ4n) is 9.38. The molecule has 1 atom stereocenters. The summed E-state index contributed by atoms with van der Waals surface area (Å²) in [5.41, 5.74) is 0.577. The molecule has 45 heavy (non-hydrogen) atoms. The molecule has 4 fully saturated rings. The van der Waals surface area contributed by atoms with E-state index in [0.29, 0.717) is 12.8 Å². The van der Waals surface area contributed by atoms with Gasteiger partial charge >= 0.3 is 0 Å². The second kappa shape index (κ2) is 16.4. The second-order valence-corrected chi connectivity index (χ2v) is 18.0. The Bertz CT molecular complexity index is 891. The van der Waals surface area contributed by atoms with E-state index in [4.69, 9.17) is 0 Å². The number of imide groups is 1. The van der Waals surface area contributed by atoms with E-state index in [1.807, 2.05) is 0 Å². The van der Waals surface area contributed by atoms with Crippen LogP contribution in [0.4, 0.5) is 0 Å². The summed E-state index contributed by atoms with van der Waals surface area (Å²) in [6.45, 7) is 23.3. The predicted octanol–water partition coefficient (Wildman–Crippen LogP) is 8.72. The number of nitrogens with one attached hydrogen (secondary N) is 1. The van der Waals surface area contributed by atoms with Gasteiger partial charge in [0.1, 0.15) is 0 Å². The maximum absolute atomic E-state index is 11.9. The zero-order valence-corrected chi connectivity index (χ0v) is 31.5. The number of likely N-dealkylation sites (tertiary alicyclic amines) is 3. The van der Waals surface area contributed by atoms with E-state index in [-0.39, 0.29) is 40.0 Å². The first-order valence-electron chi connectivity index (χ1n) is 19.1. The number of piperidine rings is 2. The molecule has 4 heterocycles. The summed E-state index contributed by atoms with van der Waals surface area (Å²) >= 11 is 0. The van der Waals surface area contributed by atoms with Crippen molar-refractivity contribution < 1.29 is 9.59 Å². The van der Waals surface area contributed by atoms with Crippen LogP contribution in [0, 0.1) is 5.92 Å². The Kier molecular flexibility index (Phi) is 14.0. The van der Waals surface area contributed by atoms with E-state index in [9.17, 15) is 9.59 Å². The Morgan fingerprint density at radius 1 is 0.667 bits per heavy atom. The highest BCUT2D eigenvalue weighted by atomic mass is 16.2. The number of hydrogen-bond donors (Lipinski definition) is 1. The van der Waals surface area contributed by atoms with Crippen LogP contribution in [-0.4, -0.2) is 80.9 Å². The van der Waals surface area contributed by atoms with E-state index >= 15 is 0 Å². The van der Waals surface area contributed by atoms with Crippen LogP contribution in [0.2, 0.25) is 0 Å². The Balaban J connectivity index is 0.000000265. The van der Waals surface area contributed by atoms with Gasteiger partial charge in [-0.05, 0) is 113 Å². The van der Waals surface area contributed by atoms with E-state index < -0.39 is 0 Å². The monoisotopic (exact) mass is 631 g/mol. The minimum Gasteiger partial charge on any atom is -0.307 e. The van der Waals surface area contributed by atoms with Crippen molar-refractivity contribution in [1.29, 1.82) is 0 Å². The van der Waals surface area contributed by atoms with Gasteiger partial charge < -0.3 is 5.32 Å². The quantitative estimate of drug-likeness (QED) is 0.163. The van der Waals surface area contributed by atoms with Crippen molar-refractivity contribution in [2.75, 3.05) is 20.1 Å². The molecular formula is C39H74N4O2. The Labute approximate surface area is 279 Å². The highest BCUT2D eigenvalue weighted by Crippen LogP contribution is 2.40. The number of rotatable bonds is 13. The molecule has 2 amide bonds. The summed E-state index contributed by atoms with van der Waals surface area (Å²) in [5.74, 6) is 1.00. The lowest BCUT2D eigenvalue weighted by molar-refractivity contribution is -0.145. The highest BCUT2D eigenvalue weighted by molar-refractivity contribution is 6.02. The summed E-state index contributed by atoms with van der Waals surface area (Å²) < 4.78 is 0. The largest absolute Gasteiger partial charge is 0.307 e. The standard InChI is InChI=1S/C25H50N2.C14H24N2O2/c1-6-7-8-9-10-11-12-13-14-15-16-22-17-18-27(21-22)23-19-24(2,3)26-25(4,5)20-23;1-13(2)8-10(9-14(3,4)15(13)5)16-11(17)6-7-12(16)18/h22-23,26H,6-21H2,1-5H3;10H,6-9H2,1-5H3. The third kappa shape index (κ3) is 11.6. The molecule has 0 aliphatic carbocycles. The molecule has 0 aromatic heterocycles. The molecule has 262 valence electrons. The van der Waals surface area contributed by atoms with E-state index in [2.05, 4.69) is 84.5 Å². The van der Waals surface area contributed by atoms with Crippen LogP contribution in [0.1, 0.15) is 178 Å². The van der Waals surface area contributed by atoms with Crippen LogP contribution in [0.3, 0.4) is 0 Å². The van der Waals surface area contributed by atoms with Crippen LogP contribution < -0.4 is 5.32 Å². The first kappa shape index (κ1) is 38.5. The van der Waals surface area contributed by atoms with Crippen molar-refractivity contribution in [3.8, 4) is 0 Å². The number of nitrogens with zero attached hydrogens (tertiary/aromatic N) is 3. The molecule has 0 bridgehead atoms. The van der Waals surface area contributed by atoms with Gasteiger partial charge in [-0.1, -0.05) is 71.1 Å². The van der Waals surface area contributed by atoms with Gasteiger partial charge in [0.25, 0.3) is 0 Å². The van der Waals surface area contributed by atoms with E-state index in [1.165, 1.54) is 108 Å². The Hall–Kier alpha value is -0.980. The van der Waals surface area contributed by atoms with Crippen molar-refractivity contribution in [2.45, 2.75) is 212 Å². The summed E-state index contributed by atoms with van der Waals surface area (Å²) in [7, 11) is 2.13. The van der Waals surface area contributed by atoms with Gasteiger partial charge in [-0.15, -0.1) is 0 Å². The predicted molar refractivity (Wildman–Crippen MR) is 190 cm³/mol. The van der Waals surface area contributed by atoms with E-state index in [0.717, 1.165) is 24.8 Å². The smallest absolute Gasteiger partial charge is 0.229 e. The average Bonchev–Trinajstić information content (AvgIpc) is 3.52. The van der Waals surface area contributed by atoms with Gasteiger partial charge in [0.2, 0.25) is 11.8 Å². The third-order valence-corrected chi connectivity index (χ3v) is 11.7. The molecular weight excluding hydrogens is 556 g/mol. The second-order valence-electron chi connectivity index (χ2n) is 18.0. The summed E-state index contributed by atoms with van der Waals surface area (Å²) in [5, 5.41) is 3.84. The van der Waals surface area contributed by atoms with E-state index in [1.54, 1.807) is 0 Å². The Morgan fingerprint density at radius 3 is 1.62 bits per heavy atom. The van der Waals surface area contributed by atoms with Crippen molar-refractivity contribution in [2.24, 2.45) is 5.92 Å². The molecule has 0 aromatic carbocycles. The first-order valence-corrected chi connectivity index (χ1v) is 19.1. The average molecular weight is 631 g/mol. The lowest BCUT2D eigenvalue weighted by atomic mass is 9.77. The van der Waals surface area contributed by atoms with Crippen LogP contribution in [0.25, 0.3) is 0 Å². The molecule has 4 saturated heterocycles. The van der Waals surface area contributed by atoms with Gasteiger partial charge in [-0.3, -0.25) is 24.3 Å². The SMILES string of the molecule is CCCCCCCCCCCCC1CCN(C2CC(C)(C)NC(C)(C)C2)C1.CN1C(C)(C)CC(N2C(=O)CCC2=O)CC1(C)C. The molecule has 6 nitrogen and oxygen atoms in total. The molecule has 4 aliphatic rings. The lowest BCUT2D eigenvalue weighted by Crippen LogP contribution is -2.63. The number of hydrogen-bond acceptors (Lipinski definition) is 5. The maximum atomic E-state index is 11.9. The maximum Gasteiger partial charge on any atom is 0.229 e. The van der Waals surface area contributed by atoms with Crippen LogP contribution in [0.15, 0.2) is 0 Å². The van der Waals surface area contributed by atoms with Crippen LogP contribution in [0.5, 0.6) is 0 Å². The molecule has 4 aliphatic heterocycles. The molecule has 1 unspecified atom stereocenters. The van der Waals surface area contributed by atoms with Crippen molar-refractivity contribution in [3.05, 3.63) is 0 Å². The fraction of sp³-hybridized carbons (Fsp3) is 0.949. The fourth-order valence-corrected chi connectivity index (χ4v) is 9.38. The van der Waals surface area contributed by atoms with Crippen molar-refractivity contribution >= 4 is 11.8 Å². The lowest BCUT2D eigenvalue weighted by Gasteiger charge is -2.54. The number of carbonyl (C=O) groups is 2. The number of carbonyl (C=O) groups excluding carboxylic acids is 2. The summed E-state index contributed by atoms with van der Waals surface area (Å²) in [6, 6.07) is 0.850. The first-order chi connectivity index (χ1) is 21.0. The summed E-state index contributed by atoms with van der Waals surface area (Å²) in [6.07, 6.45) is 22.6.